The van der Waals surface area contributed by atoms with E-state index in [4.69, 9.17) is 4.74 Å². The summed E-state index contributed by atoms with van der Waals surface area (Å²) in [5.74, 6) is -1.27. The van der Waals surface area contributed by atoms with E-state index in [1.54, 1.807) is 0 Å². The number of hydrogen-bond acceptors (Lipinski definition) is 5. The first-order chi connectivity index (χ1) is 9.29. The highest BCUT2D eigenvalue weighted by Crippen LogP contribution is 2.37. The van der Waals surface area contributed by atoms with Gasteiger partial charge in [-0.15, -0.1) is 4.68 Å². The van der Waals surface area contributed by atoms with Gasteiger partial charge in [0.05, 0.1) is 12.6 Å². The van der Waals surface area contributed by atoms with E-state index in [1.165, 1.54) is 19.2 Å². The molecule has 0 saturated carbocycles. The van der Waals surface area contributed by atoms with Crippen LogP contribution in [0.25, 0.3) is 0 Å². The number of para-hydroxylation sites is 1. The highest BCUT2D eigenvalue weighted by Gasteiger charge is 2.35. The molecule has 0 saturated heterocycles. The van der Waals surface area contributed by atoms with Crippen LogP contribution in [0, 0.1) is 10.1 Å². The zero-order chi connectivity index (χ0) is 14.9. The molecule has 0 spiro atoms. The Bertz CT molecular complexity index is 653. The zero-order valence-corrected chi connectivity index (χ0v) is 9.96. The number of alkyl halides is 3. The van der Waals surface area contributed by atoms with Crippen LogP contribution in [0.4, 0.5) is 19.1 Å². The highest BCUT2D eigenvalue weighted by atomic mass is 19.4. The fourth-order valence-corrected chi connectivity index (χ4v) is 1.41. The van der Waals surface area contributed by atoms with Crippen molar-refractivity contribution < 1.29 is 22.8 Å². The molecular formula is C10H7F3N4O3. The molecule has 0 fully saturated rings. The third-order valence-corrected chi connectivity index (χ3v) is 2.27. The molecule has 2 rings (SSSR count). The average Bonchev–Trinajstić information content (AvgIpc) is 2.71. The minimum absolute atomic E-state index is 0.409. The molecule has 10 heteroatoms. The lowest BCUT2D eigenvalue weighted by atomic mass is 10.2. The molecule has 0 bridgehead atoms. The molecule has 0 unspecified atom stereocenters. The van der Waals surface area contributed by atoms with Gasteiger partial charge in [-0.1, -0.05) is 12.1 Å². The lowest BCUT2D eigenvalue weighted by Crippen LogP contribution is -2.07. The van der Waals surface area contributed by atoms with Crippen molar-refractivity contribution >= 4 is 5.95 Å². The molecule has 0 N–H and O–H groups in total. The number of halogens is 3. The highest BCUT2D eigenvalue weighted by molar-refractivity contribution is 5.37. The van der Waals surface area contributed by atoms with Crippen LogP contribution >= 0.6 is 0 Å². The zero-order valence-electron chi connectivity index (χ0n) is 9.96. The largest absolute Gasteiger partial charge is 0.494 e. The topological polar surface area (TPSA) is 83.1 Å². The van der Waals surface area contributed by atoms with Crippen molar-refractivity contribution in [3.8, 4) is 11.8 Å². The van der Waals surface area contributed by atoms with Crippen molar-refractivity contribution in [1.29, 1.82) is 0 Å². The summed E-state index contributed by atoms with van der Waals surface area (Å²) in [4.78, 5) is 13.0. The second kappa shape index (κ2) is 4.79. The second-order valence-electron chi connectivity index (χ2n) is 3.67. The number of benzene rings is 1. The predicted molar refractivity (Wildman–Crippen MR) is 59.2 cm³/mol. The molecule has 0 aliphatic heterocycles. The summed E-state index contributed by atoms with van der Waals surface area (Å²) in [5, 5.41) is 13.9. The first kappa shape index (κ1) is 13.8. The molecule has 1 aromatic carbocycles. The van der Waals surface area contributed by atoms with Crippen LogP contribution < -0.4 is 4.74 Å². The number of ether oxygens (including phenoxy) is 1. The van der Waals surface area contributed by atoms with Crippen LogP contribution in [0.15, 0.2) is 24.3 Å². The van der Waals surface area contributed by atoms with E-state index in [2.05, 4.69) is 10.1 Å². The maximum atomic E-state index is 12.8. The van der Waals surface area contributed by atoms with E-state index >= 15 is 0 Å². The van der Waals surface area contributed by atoms with Crippen molar-refractivity contribution in [2.24, 2.45) is 7.05 Å². The Morgan fingerprint density at radius 3 is 2.55 bits per heavy atom. The SMILES string of the molecule is Cn1nc([N+](=O)[O-])nc1Oc1ccccc1C(F)(F)F. The van der Waals surface area contributed by atoms with E-state index in [1.807, 2.05) is 0 Å². The van der Waals surface area contributed by atoms with Crippen molar-refractivity contribution in [2.45, 2.75) is 6.18 Å². The summed E-state index contributed by atoms with van der Waals surface area (Å²) in [7, 11) is 1.27. The lowest BCUT2D eigenvalue weighted by Gasteiger charge is -2.10. The molecule has 0 amide bonds. The number of nitro groups is 1. The van der Waals surface area contributed by atoms with E-state index in [0.29, 0.717) is 0 Å². The van der Waals surface area contributed by atoms with Crippen molar-refractivity contribution in [3.63, 3.8) is 0 Å². The molecule has 1 aromatic heterocycles. The summed E-state index contributed by atoms with van der Waals surface area (Å²) in [5.41, 5.74) is -1.01. The average molecular weight is 288 g/mol. The summed E-state index contributed by atoms with van der Waals surface area (Å²) >= 11 is 0. The first-order valence-corrected chi connectivity index (χ1v) is 5.18. The van der Waals surface area contributed by atoms with Crippen LogP contribution in [-0.4, -0.2) is 19.7 Å². The van der Waals surface area contributed by atoms with Gasteiger partial charge < -0.3 is 14.9 Å². The first-order valence-electron chi connectivity index (χ1n) is 5.18. The maximum Gasteiger partial charge on any atom is 0.494 e. The Labute approximate surface area is 109 Å². The number of hydrogen-bond donors (Lipinski definition) is 0. The molecule has 2 aromatic rings. The van der Waals surface area contributed by atoms with Gasteiger partial charge in [-0.05, 0) is 22.0 Å². The fraction of sp³-hybridized carbons (Fsp3) is 0.200. The van der Waals surface area contributed by atoms with Gasteiger partial charge in [-0.3, -0.25) is 0 Å². The Morgan fingerprint density at radius 1 is 1.35 bits per heavy atom. The molecule has 0 atom stereocenters. The number of rotatable bonds is 3. The van der Waals surface area contributed by atoms with E-state index < -0.39 is 34.4 Å². The summed E-state index contributed by atoms with van der Waals surface area (Å²) in [6.45, 7) is 0. The van der Waals surface area contributed by atoms with E-state index in [-0.39, 0.29) is 0 Å². The van der Waals surface area contributed by atoms with Crippen LogP contribution in [0.3, 0.4) is 0 Å². The molecule has 0 aliphatic rings. The second-order valence-corrected chi connectivity index (χ2v) is 3.67. The van der Waals surface area contributed by atoms with E-state index in [9.17, 15) is 23.3 Å². The fourth-order valence-electron chi connectivity index (χ4n) is 1.41. The van der Waals surface area contributed by atoms with E-state index in [0.717, 1.165) is 16.8 Å². The van der Waals surface area contributed by atoms with Gasteiger partial charge in [0.1, 0.15) is 5.75 Å². The molecular weight excluding hydrogens is 281 g/mol. The predicted octanol–water partition coefficient (Wildman–Crippen LogP) is 2.53. The summed E-state index contributed by atoms with van der Waals surface area (Å²) < 4.78 is 44.1. The van der Waals surface area contributed by atoms with Crippen molar-refractivity contribution in [1.82, 2.24) is 14.8 Å². The van der Waals surface area contributed by atoms with Gasteiger partial charge in [-0.25, -0.2) is 0 Å². The lowest BCUT2D eigenvalue weighted by molar-refractivity contribution is -0.394. The van der Waals surface area contributed by atoms with Crippen LogP contribution in [0.2, 0.25) is 0 Å². The summed E-state index contributed by atoms with van der Waals surface area (Å²) in [6, 6.07) is 4.06. The standard InChI is InChI=1S/C10H7F3N4O3/c1-16-9(14-8(15-16)17(18)19)20-7-5-3-2-4-6(7)10(11,12)13/h2-5H,1H3. The van der Waals surface area contributed by atoms with Crippen molar-refractivity contribution in [3.05, 3.63) is 39.9 Å². The summed E-state index contributed by atoms with van der Waals surface area (Å²) in [6.07, 6.45) is -4.61. The Kier molecular flexibility index (Phi) is 3.30. The van der Waals surface area contributed by atoms with Gasteiger partial charge in [0.25, 0.3) is 0 Å². The van der Waals surface area contributed by atoms with Gasteiger partial charge in [0.15, 0.2) is 0 Å². The molecule has 0 radical (unpaired) electrons. The monoisotopic (exact) mass is 288 g/mol. The van der Waals surface area contributed by atoms with Crippen molar-refractivity contribution in [2.75, 3.05) is 0 Å². The van der Waals surface area contributed by atoms with Gasteiger partial charge >= 0.3 is 18.1 Å². The molecule has 7 nitrogen and oxygen atoms in total. The quantitative estimate of drug-likeness (QED) is 0.640. The minimum Gasteiger partial charge on any atom is -0.411 e. The molecule has 106 valence electrons. The van der Waals surface area contributed by atoms with Crippen LogP contribution in [0.5, 0.6) is 11.8 Å². The Morgan fingerprint density at radius 2 is 2.00 bits per heavy atom. The Balaban J connectivity index is 2.38. The van der Waals surface area contributed by atoms with Gasteiger partial charge in [-0.2, -0.15) is 13.2 Å². The number of aryl methyl sites for hydroxylation is 1. The third-order valence-electron chi connectivity index (χ3n) is 2.27. The smallest absolute Gasteiger partial charge is 0.411 e. The minimum atomic E-state index is -4.61. The van der Waals surface area contributed by atoms with Gasteiger partial charge in [0.2, 0.25) is 0 Å². The third kappa shape index (κ3) is 2.68. The van der Waals surface area contributed by atoms with Crippen LogP contribution in [-0.2, 0) is 13.2 Å². The molecule has 20 heavy (non-hydrogen) atoms. The number of aromatic nitrogens is 3. The number of nitrogens with zero attached hydrogens (tertiary/aromatic N) is 4. The molecule has 0 aliphatic carbocycles. The Hall–Kier alpha value is -2.65. The van der Waals surface area contributed by atoms with Gasteiger partial charge in [0, 0.05) is 5.10 Å². The van der Waals surface area contributed by atoms with Crippen LogP contribution in [0.1, 0.15) is 5.56 Å². The maximum absolute atomic E-state index is 12.8. The molecule has 1 heterocycles. The normalized spacial score (nSPS) is 11.4.